The lowest BCUT2D eigenvalue weighted by atomic mass is 10.1. The highest BCUT2D eigenvalue weighted by Gasteiger charge is 2.06. The Morgan fingerprint density at radius 3 is 2.67 bits per heavy atom. The molecule has 15 heavy (non-hydrogen) atoms. The van der Waals surface area contributed by atoms with Gasteiger partial charge in [0.15, 0.2) is 0 Å². The van der Waals surface area contributed by atoms with Gasteiger partial charge in [-0.3, -0.25) is 0 Å². The van der Waals surface area contributed by atoms with Crippen molar-refractivity contribution in [2.75, 3.05) is 0 Å². The van der Waals surface area contributed by atoms with Crippen molar-refractivity contribution in [3.05, 3.63) is 33.3 Å². The molecule has 0 saturated heterocycles. The zero-order chi connectivity index (χ0) is 11.3. The maximum atomic E-state index is 6.16. The van der Waals surface area contributed by atoms with Crippen molar-refractivity contribution in [1.82, 2.24) is 0 Å². The minimum Gasteiger partial charge on any atom is -0.123 e. The van der Waals surface area contributed by atoms with E-state index in [4.69, 9.17) is 23.2 Å². The fourth-order valence-corrected chi connectivity index (χ4v) is 2.59. The molecule has 1 unspecified atom stereocenters. The van der Waals surface area contributed by atoms with E-state index in [1.807, 2.05) is 12.1 Å². The van der Waals surface area contributed by atoms with Gasteiger partial charge in [0, 0.05) is 14.9 Å². The predicted molar refractivity (Wildman–Crippen MR) is 72.0 cm³/mol. The molecule has 0 heterocycles. The van der Waals surface area contributed by atoms with E-state index in [1.165, 1.54) is 5.56 Å². The van der Waals surface area contributed by atoms with E-state index in [9.17, 15) is 0 Å². The Morgan fingerprint density at radius 1 is 1.33 bits per heavy atom. The second-order valence-corrected chi connectivity index (χ2v) is 5.60. The summed E-state index contributed by atoms with van der Waals surface area (Å²) in [5, 5.41) is 1.10. The highest BCUT2D eigenvalue weighted by Crippen LogP contribution is 2.24. The summed E-state index contributed by atoms with van der Waals surface area (Å²) in [7, 11) is 0. The smallest absolute Gasteiger partial charge is 0.0449 e. The van der Waals surface area contributed by atoms with Gasteiger partial charge >= 0.3 is 0 Å². The summed E-state index contributed by atoms with van der Waals surface area (Å²) in [4.78, 5) is 0. The third-order valence-electron chi connectivity index (χ3n) is 2.34. The molecule has 1 aromatic carbocycles. The Hall–Kier alpha value is 0.280. The molecule has 0 saturated carbocycles. The highest BCUT2D eigenvalue weighted by molar-refractivity contribution is 9.10. The summed E-state index contributed by atoms with van der Waals surface area (Å²) in [6.07, 6.45) is 4.18. The molecule has 0 bridgehead atoms. The lowest BCUT2D eigenvalue weighted by Gasteiger charge is -2.09. The molecule has 0 aromatic heterocycles. The Labute approximate surface area is 110 Å². The van der Waals surface area contributed by atoms with Crippen LogP contribution in [0.1, 0.15) is 31.7 Å². The third-order valence-corrected chi connectivity index (χ3v) is 3.63. The van der Waals surface area contributed by atoms with Crippen LogP contribution in [-0.4, -0.2) is 5.38 Å². The van der Waals surface area contributed by atoms with Crippen LogP contribution in [0.4, 0.5) is 0 Å². The molecule has 0 spiro atoms. The minimum atomic E-state index is 0.273. The zero-order valence-electron chi connectivity index (χ0n) is 8.77. The SMILES string of the molecule is CCCC(Cl)CCc1ccc(Br)cc1Cl. The van der Waals surface area contributed by atoms with E-state index in [0.29, 0.717) is 0 Å². The summed E-state index contributed by atoms with van der Waals surface area (Å²) >= 11 is 15.7. The first-order valence-corrected chi connectivity index (χ1v) is 6.82. The van der Waals surface area contributed by atoms with Gasteiger partial charge in [0.05, 0.1) is 0 Å². The zero-order valence-corrected chi connectivity index (χ0v) is 11.9. The van der Waals surface area contributed by atoms with Crippen molar-refractivity contribution in [3.63, 3.8) is 0 Å². The molecule has 0 nitrogen and oxygen atoms in total. The molecule has 1 rings (SSSR count). The van der Waals surface area contributed by atoms with E-state index in [1.54, 1.807) is 0 Å². The van der Waals surface area contributed by atoms with E-state index in [0.717, 1.165) is 35.2 Å². The molecule has 0 aliphatic carbocycles. The number of halogens is 3. The fourth-order valence-electron chi connectivity index (χ4n) is 1.49. The topological polar surface area (TPSA) is 0 Å². The van der Waals surface area contributed by atoms with Crippen LogP contribution in [0.5, 0.6) is 0 Å². The van der Waals surface area contributed by atoms with Crippen LogP contribution in [0.25, 0.3) is 0 Å². The largest absolute Gasteiger partial charge is 0.123 e. The molecule has 0 aliphatic heterocycles. The average Bonchev–Trinajstić information content (AvgIpc) is 2.17. The second-order valence-electron chi connectivity index (χ2n) is 3.66. The van der Waals surface area contributed by atoms with Gasteiger partial charge in [-0.25, -0.2) is 0 Å². The van der Waals surface area contributed by atoms with Gasteiger partial charge in [0.2, 0.25) is 0 Å². The molecular formula is C12H15BrCl2. The first kappa shape index (κ1) is 13.3. The van der Waals surface area contributed by atoms with Crippen LogP contribution in [0.15, 0.2) is 22.7 Å². The Kier molecular flexibility index (Phi) is 6.03. The van der Waals surface area contributed by atoms with Crippen LogP contribution in [0.2, 0.25) is 5.02 Å². The molecule has 0 fully saturated rings. The van der Waals surface area contributed by atoms with Crippen LogP contribution in [0, 0.1) is 0 Å². The van der Waals surface area contributed by atoms with Gasteiger partial charge in [-0.2, -0.15) is 0 Å². The Balaban J connectivity index is 2.50. The second kappa shape index (κ2) is 6.78. The predicted octanol–water partition coefficient (Wildman–Crippen LogP) is 5.44. The third kappa shape index (κ3) is 4.76. The van der Waals surface area contributed by atoms with Crippen molar-refractivity contribution < 1.29 is 0 Å². The molecule has 1 atom stereocenters. The van der Waals surface area contributed by atoms with Crippen LogP contribution >= 0.6 is 39.1 Å². The summed E-state index contributed by atoms with van der Waals surface area (Å²) in [6, 6.07) is 6.01. The van der Waals surface area contributed by atoms with Gasteiger partial charge in [-0.15, -0.1) is 11.6 Å². The highest BCUT2D eigenvalue weighted by atomic mass is 79.9. The summed E-state index contributed by atoms with van der Waals surface area (Å²) in [6.45, 7) is 2.15. The number of hydrogen-bond donors (Lipinski definition) is 0. The normalized spacial score (nSPS) is 12.8. The molecule has 0 N–H and O–H groups in total. The number of alkyl halides is 1. The van der Waals surface area contributed by atoms with Crippen molar-refractivity contribution in [2.45, 2.75) is 38.0 Å². The fraction of sp³-hybridized carbons (Fsp3) is 0.500. The monoisotopic (exact) mass is 308 g/mol. The average molecular weight is 310 g/mol. The lowest BCUT2D eigenvalue weighted by Crippen LogP contribution is -2.00. The molecule has 3 heteroatoms. The van der Waals surface area contributed by atoms with Gasteiger partial charge < -0.3 is 0 Å². The maximum Gasteiger partial charge on any atom is 0.0449 e. The number of hydrogen-bond acceptors (Lipinski definition) is 0. The number of aryl methyl sites for hydroxylation is 1. The van der Waals surface area contributed by atoms with Crippen molar-refractivity contribution in [1.29, 1.82) is 0 Å². The van der Waals surface area contributed by atoms with Gasteiger partial charge in [0.1, 0.15) is 0 Å². The summed E-state index contributed by atoms with van der Waals surface area (Å²) < 4.78 is 1.02. The van der Waals surface area contributed by atoms with Crippen LogP contribution in [0.3, 0.4) is 0 Å². The summed E-state index contributed by atoms with van der Waals surface area (Å²) in [5.74, 6) is 0. The van der Waals surface area contributed by atoms with E-state index in [2.05, 4.69) is 28.9 Å². The number of rotatable bonds is 5. The van der Waals surface area contributed by atoms with Crippen molar-refractivity contribution >= 4 is 39.1 Å². The standard InChI is InChI=1S/C12H15BrCl2/c1-2-3-11(14)7-5-9-4-6-10(13)8-12(9)15/h4,6,8,11H,2-3,5,7H2,1H3. The molecular weight excluding hydrogens is 295 g/mol. The van der Waals surface area contributed by atoms with E-state index >= 15 is 0 Å². The molecule has 0 aliphatic rings. The summed E-state index contributed by atoms with van der Waals surface area (Å²) in [5.41, 5.74) is 1.18. The van der Waals surface area contributed by atoms with Gasteiger partial charge in [-0.05, 0) is 37.0 Å². The molecule has 0 amide bonds. The van der Waals surface area contributed by atoms with Crippen LogP contribution in [-0.2, 0) is 6.42 Å². The maximum absolute atomic E-state index is 6.16. The Bertz CT molecular complexity index is 312. The van der Waals surface area contributed by atoms with Gasteiger partial charge in [-0.1, -0.05) is 46.9 Å². The molecule has 84 valence electrons. The van der Waals surface area contributed by atoms with E-state index in [-0.39, 0.29) is 5.38 Å². The molecule has 1 aromatic rings. The van der Waals surface area contributed by atoms with Crippen LogP contribution < -0.4 is 0 Å². The first-order valence-electron chi connectivity index (χ1n) is 5.21. The lowest BCUT2D eigenvalue weighted by molar-refractivity contribution is 0.676. The Morgan fingerprint density at radius 2 is 2.07 bits per heavy atom. The minimum absolute atomic E-state index is 0.273. The molecule has 0 radical (unpaired) electrons. The quantitative estimate of drug-likeness (QED) is 0.635. The van der Waals surface area contributed by atoms with Crippen molar-refractivity contribution in [3.8, 4) is 0 Å². The number of benzene rings is 1. The van der Waals surface area contributed by atoms with Gasteiger partial charge in [0.25, 0.3) is 0 Å². The van der Waals surface area contributed by atoms with E-state index < -0.39 is 0 Å². The van der Waals surface area contributed by atoms with Crippen molar-refractivity contribution in [2.24, 2.45) is 0 Å². The first-order chi connectivity index (χ1) is 7.13.